The largest absolute Gasteiger partial charge is 0.368 e. The molecule has 8 heteroatoms. The Balaban J connectivity index is 0.00000364. The number of carbonyl (C=O) groups is 1. The standard InChI is InChI=1S/C19H30ClN5O.HI/c1-4-11-21-19(22-13-18(26)24(2)3)23-15-8-7-12-25(14-15)17-10-6-5-9-16(17)20;/h5-6,9-10,15H,4,7-8,11-14H2,1-3H3,(H2,21,22,23);1H. The molecular formula is C19H31ClIN5O. The van der Waals surface area contributed by atoms with Gasteiger partial charge in [-0.2, -0.15) is 0 Å². The molecule has 2 N–H and O–H groups in total. The molecule has 0 aromatic heterocycles. The van der Waals surface area contributed by atoms with Crippen molar-refractivity contribution in [2.24, 2.45) is 4.99 Å². The third kappa shape index (κ3) is 7.73. The van der Waals surface area contributed by atoms with Crippen LogP contribution in [0.5, 0.6) is 0 Å². The van der Waals surface area contributed by atoms with Gasteiger partial charge in [-0.1, -0.05) is 30.7 Å². The average molecular weight is 508 g/mol. The number of para-hydroxylation sites is 1. The predicted octanol–water partition coefficient (Wildman–Crippen LogP) is 2.96. The van der Waals surface area contributed by atoms with E-state index in [1.165, 1.54) is 0 Å². The Hall–Kier alpha value is -1.22. The molecule has 1 aromatic rings. The number of hydrogen-bond donors (Lipinski definition) is 2. The summed E-state index contributed by atoms with van der Waals surface area (Å²) in [5.41, 5.74) is 1.07. The molecule has 0 bridgehead atoms. The lowest BCUT2D eigenvalue weighted by Gasteiger charge is -2.35. The third-order valence-electron chi connectivity index (χ3n) is 4.37. The topological polar surface area (TPSA) is 60.0 Å². The molecule has 1 unspecified atom stereocenters. The lowest BCUT2D eigenvalue weighted by Crippen LogP contribution is -2.51. The van der Waals surface area contributed by atoms with Gasteiger partial charge in [-0.3, -0.25) is 4.79 Å². The van der Waals surface area contributed by atoms with E-state index in [1.807, 2.05) is 18.2 Å². The van der Waals surface area contributed by atoms with E-state index < -0.39 is 0 Å². The van der Waals surface area contributed by atoms with Crippen molar-refractivity contribution < 1.29 is 4.79 Å². The first-order chi connectivity index (χ1) is 12.5. The zero-order chi connectivity index (χ0) is 18.9. The normalized spacial score (nSPS) is 17.1. The van der Waals surface area contributed by atoms with Crippen molar-refractivity contribution in [3.63, 3.8) is 0 Å². The summed E-state index contributed by atoms with van der Waals surface area (Å²) in [7, 11) is 3.49. The number of nitrogens with zero attached hydrogens (tertiary/aromatic N) is 3. The fourth-order valence-corrected chi connectivity index (χ4v) is 3.15. The minimum absolute atomic E-state index is 0. The number of piperidine rings is 1. The predicted molar refractivity (Wildman–Crippen MR) is 125 cm³/mol. The summed E-state index contributed by atoms with van der Waals surface area (Å²) in [6.45, 7) is 4.93. The highest BCUT2D eigenvalue weighted by molar-refractivity contribution is 14.0. The molecule has 0 radical (unpaired) electrons. The van der Waals surface area contributed by atoms with Gasteiger partial charge in [-0.05, 0) is 31.4 Å². The van der Waals surface area contributed by atoms with Gasteiger partial charge in [0.25, 0.3) is 0 Å². The number of halogens is 2. The molecule has 152 valence electrons. The number of nitrogens with one attached hydrogen (secondary N) is 2. The summed E-state index contributed by atoms with van der Waals surface area (Å²) < 4.78 is 0. The van der Waals surface area contributed by atoms with Crippen LogP contribution in [-0.2, 0) is 4.79 Å². The Morgan fingerprint density at radius 2 is 2.11 bits per heavy atom. The average Bonchev–Trinajstić information content (AvgIpc) is 2.64. The number of benzene rings is 1. The minimum Gasteiger partial charge on any atom is -0.368 e. The van der Waals surface area contributed by atoms with Gasteiger partial charge in [0.1, 0.15) is 6.54 Å². The van der Waals surface area contributed by atoms with Crippen LogP contribution in [0.15, 0.2) is 29.3 Å². The Labute approximate surface area is 184 Å². The number of rotatable bonds is 6. The fraction of sp³-hybridized carbons (Fsp3) is 0.579. The zero-order valence-electron chi connectivity index (χ0n) is 16.4. The van der Waals surface area contributed by atoms with Crippen molar-refractivity contribution in [1.82, 2.24) is 15.5 Å². The molecule has 1 fully saturated rings. The fourth-order valence-electron chi connectivity index (χ4n) is 2.90. The Morgan fingerprint density at radius 1 is 1.37 bits per heavy atom. The number of guanidine groups is 1. The van der Waals surface area contributed by atoms with E-state index >= 15 is 0 Å². The second-order valence-electron chi connectivity index (χ2n) is 6.76. The number of likely N-dealkylation sites (N-methyl/N-ethyl adjacent to an activating group) is 1. The molecule has 27 heavy (non-hydrogen) atoms. The number of hydrogen-bond acceptors (Lipinski definition) is 3. The summed E-state index contributed by atoms with van der Waals surface area (Å²) >= 11 is 6.35. The second-order valence-corrected chi connectivity index (χ2v) is 7.17. The summed E-state index contributed by atoms with van der Waals surface area (Å²) in [5.74, 6) is 0.692. The lowest BCUT2D eigenvalue weighted by atomic mass is 10.0. The van der Waals surface area contributed by atoms with E-state index in [2.05, 4.69) is 33.5 Å². The summed E-state index contributed by atoms with van der Waals surface area (Å²) in [6, 6.07) is 8.21. The van der Waals surface area contributed by atoms with Crippen LogP contribution in [0, 0.1) is 0 Å². The van der Waals surface area contributed by atoms with Crippen molar-refractivity contribution in [3.05, 3.63) is 29.3 Å². The third-order valence-corrected chi connectivity index (χ3v) is 4.69. The molecule has 1 saturated heterocycles. The first-order valence-electron chi connectivity index (χ1n) is 9.25. The van der Waals surface area contributed by atoms with Crippen LogP contribution in [0.1, 0.15) is 26.2 Å². The van der Waals surface area contributed by atoms with Gasteiger partial charge in [-0.15, -0.1) is 24.0 Å². The Bertz CT molecular complexity index is 626. The first-order valence-corrected chi connectivity index (χ1v) is 9.63. The SMILES string of the molecule is CCCNC(=NCC(=O)N(C)C)NC1CCCN(c2ccccc2Cl)C1.I. The molecule has 0 spiro atoms. The summed E-state index contributed by atoms with van der Waals surface area (Å²) in [4.78, 5) is 20.1. The van der Waals surface area contributed by atoms with E-state index in [1.54, 1.807) is 19.0 Å². The van der Waals surface area contributed by atoms with Crippen LogP contribution in [0.3, 0.4) is 0 Å². The number of amides is 1. The molecular weight excluding hydrogens is 477 g/mol. The van der Waals surface area contributed by atoms with Crippen molar-refractivity contribution in [2.75, 3.05) is 45.2 Å². The maximum absolute atomic E-state index is 11.8. The highest BCUT2D eigenvalue weighted by Crippen LogP contribution is 2.27. The molecule has 6 nitrogen and oxygen atoms in total. The van der Waals surface area contributed by atoms with E-state index in [-0.39, 0.29) is 42.5 Å². The molecule has 1 aliphatic heterocycles. The maximum Gasteiger partial charge on any atom is 0.243 e. The summed E-state index contributed by atoms with van der Waals surface area (Å²) in [5, 5.41) is 7.57. The molecule has 2 rings (SSSR count). The minimum atomic E-state index is -0.0102. The van der Waals surface area contributed by atoms with Crippen LogP contribution in [-0.4, -0.2) is 63.1 Å². The molecule has 1 aliphatic rings. The van der Waals surface area contributed by atoms with Gasteiger partial charge in [-0.25, -0.2) is 4.99 Å². The number of anilines is 1. The van der Waals surface area contributed by atoms with Crippen molar-refractivity contribution >= 4 is 53.1 Å². The van der Waals surface area contributed by atoms with Crippen molar-refractivity contribution in [3.8, 4) is 0 Å². The van der Waals surface area contributed by atoms with Gasteiger partial charge in [0.2, 0.25) is 5.91 Å². The number of carbonyl (C=O) groups excluding carboxylic acids is 1. The molecule has 1 amide bonds. The lowest BCUT2D eigenvalue weighted by molar-refractivity contribution is -0.127. The second kappa shape index (κ2) is 12.3. The molecule has 0 saturated carbocycles. The van der Waals surface area contributed by atoms with Crippen LogP contribution < -0.4 is 15.5 Å². The summed E-state index contributed by atoms with van der Waals surface area (Å²) in [6.07, 6.45) is 3.15. The highest BCUT2D eigenvalue weighted by Gasteiger charge is 2.22. The highest BCUT2D eigenvalue weighted by atomic mass is 127. The van der Waals surface area contributed by atoms with Crippen LogP contribution in [0.4, 0.5) is 5.69 Å². The first kappa shape index (κ1) is 23.8. The van der Waals surface area contributed by atoms with Crippen LogP contribution >= 0.6 is 35.6 Å². The van der Waals surface area contributed by atoms with E-state index in [0.29, 0.717) is 5.96 Å². The zero-order valence-corrected chi connectivity index (χ0v) is 19.5. The molecule has 1 aromatic carbocycles. The van der Waals surface area contributed by atoms with Crippen LogP contribution in [0.2, 0.25) is 5.02 Å². The molecule has 1 atom stereocenters. The monoisotopic (exact) mass is 507 g/mol. The molecule has 0 aliphatic carbocycles. The van der Waals surface area contributed by atoms with E-state index in [0.717, 1.165) is 49.6 Å². The van der Waals surface area contributed by atoms with Gasteiger partial charge in [0.15, 0.2) is 5.96 Å². The van der Waals surface area contributed by atoms with Gasteiger partial charge in [0.05, 0.1) is 10.7 Å². The van der Waals surface area contributed by atoms with Gasteiger partial charge < -0.3 is 20.4 Å². The number of aliphatic imine (C=N–C) groups is 1. The van der Waals surface area contributed by atoms with Crippen molar-refractivity contribution in [2.45, 2.75) is 32.2 Å². The van der Waals surface area contributed by atoms with Gasteiger partial charge in [0, 0.05) is 39.8 Å². The quantitative estimate of drug-likeness (QED) is 0.353. The molecule has 1 heterocycles. The van der Waals surface area contributed by atoms with E-state index in [4.69, 9.17) is 11.6 Å². The smallest absolute Gasteiger partial charge is 0.243 e. The Kier molecular flexibility index (Phi) is 10.8. The Morgan fingerprint density at radius 3 is 2.78 bits per heavy atom. The van der Waals surface area contributed by atoms with Gasteiger partial charge >= 0.3 is 0 Å². The van der Waals surface area contributed by atoms with Crippen molar-refractivity contribution in [1.29, 1.82) is 0 Å². The maximum atomic E-state index is 11.8. The van der Waals surface area contributed by atoms with Crippen LogP contribution in [0.25, 0.3) is 0 Å². The van der Waals surface area contributed by atoms with E-state index in [9.17, 15) is 4.79 Å².